The summed E-state index contributed by atoms with van der Waals surface area (Å²) in [5, 5.41) is 1.64. The van der Waals surface area contributed by atoms with Crippen molar-refractivity contribution in [2.75, 3.05) is 0 Å². The number of fused-ring (bicyclic) bond motifs is 1. The molecule has 0 saturated heterocycles. The molecule has 0 bridgehead atoms. The van der Waals surface area contributed by atoms with E-state index in [0.29, 0.717) is 5.39 Å². The monoisotopic (exact) mass is 170 g/mol. The minimum absolute atomic E-state index is 0. The molecular formula is C10H8FNa. The molecule has 0 heterocycles. The van der Waals surface area contributed by atoms with Gasteiger partial charge in [-0.05, 0) is 11.5 Å². The van der Waals surface area contributed by atoms with Crippen molar-refractivity contribution in [1.29, 1.82) is 0 Å². The van der Waals surface area contributed by atoms with Gasteiger partial charge < -0.3 is 1.43 Å². The molecule has 0 aromatic heterocycles. The van der Waals surface area contributed by atoms with E-state index in [2.05, 4.69) is 0 Å². The van der Waals surface area contributed by atoms with Crippen LogP contribution in [0.1, 0.15) is 1.43 Å². The van der Waals surface area contributed by atoms with Crippen LogP contribution >= 0.6 is 0 Å². The fourth-order valence-corrected chi connectivity index (χ4v) is 1.19. The minimum Gasteiger partial charge on any atom is -1.00 e. The average molecular weight is 170 g/mol. The smallest absolute Gasteiger partial charge is 1.00 e. The molecule has 2 rings (SSSR count). The van der Waals surface area contributed by atoms with E-state index in [1.807, 2.05) is 24.3 Å². The van der Waals surface area contributed by atoms with Gasteiger partial charge in [-0.1, -0.05) is 36.4 Å². The Morgan fingerprint density at radius 3 is 2.33 bits per heavy atom. The van der Waals surface area contributed by atoms with E-state index in [0.717, 1.165) is 5.39 Å². The molecule has 2 heteroatoms. The van der Waals surface area contributed by atoms with Crippen LogP contribution in [0.4, 0.5) is 4.39 Å². The van der Waals surface area contributed by atoms with Crippen LogP contribution in [0.3, 0.4) is 0 Å². The van der Waals surface area contributed by atoms with Crippen molar-refractivity contribution in [3.63, 3.8) is 0 Å². The Labute approximate surface area is 94.2 Å². The second kappa shape index (κ2) is 4.04. The molecule has 2 aromatic rings. The van der Waals surface area contributed by atoms with E-state index in [9.17, 15) is 4.39 Å². The Morgan fingerprint density at radius 2 is 1.58 bits per heavy atom. The Bertz CT molecular complexity index is 384. The zero-order valence-electron chi connectivity index (χ0n) is 7.92. The predicted molar refractivity (Wildman–Crippen MR) is 45.0 cm³/mol. The van der Waals surface area contributed by atoms with Crippen molar-refractivity contribution >= 4 is 10.8 Å². The standard InChI is InChI=1S/C10H7F.Na.H/c11-10-7-3-5-8-4-1-2-6-9(8)10;;/h1-7H;;/q;+1;-1. The molecule has 12 heavy (non-hydrogen) atoms. The number of hydrogen-bond donors (Lipinski definition) is 0. The number of hydrogen-bond acceptors (Lipinski definition) is 0. The molecule has 0 atom stereocenters. The second-order valence-electron chi connectivity index (χ2n) is 2.46. The Balaban J connectivity index is 0.000000720. The van der Waals surface area contributed by atoms with Gasteiger partial charge in [0.2, 0.25) is 0 Å². The molecule has 0 aliphatic rings. The molecule has 0 unspecified atom stereocenters. The van der Waals surface area contributed by atoms with Gasteiger partial charge >= 0.3 is 29.6 Å². The predicted octanol–water partition coefficient (Wildman–Crippen LogP) is 0.0954. The minimum atomic E-state index is -0.150. The summed E-state index contributed by atoms with van der Waals surface area (Å²) < 4.78 is 13.0. The van der Waals surface area contributed by atoms with Crippen LogP contribution in [-0.4, -0.2) is 0 Å². The van der Waals surface area contributed by atoms with Gasteiger partial charge in [0.25, 0.3) is 0 Å². The van der Waals surface area contributed by atoms with Crippen LogP contribution in [0.25, 0.3) is 10.8 Å². The van der Waals surface area contributed by atoms with E-state index < -0.39 is 0 Å². The summed E-state index contributed by atoms with van der Waals surface area (Å²) in [6.07, 6.45) is 0. The molecule has 0 nitrogen and oxygen atoms in total. The Kier molecular flexibility index (Phi) is 3.27. The van der Waals surface area contributed by atoms with Crippen LogP contribution in [0.2, 0.25) is 0 Å². The molecule has 0 spiro atoms. The number of halogens is 1. The summed E-state index contributed by atoms with van der Waals surface area (Å²) >= 11 is 0. The first kappa shape index (κ1) is 9.72. The van der Waals surface area contributed by atoms with Crippen LogP contribution in [0, 0.1) is 5.82 Å². The second-order valence-corrected chi connectivity index (χ2v) is 2.46. The molecule has 2 aromatic carbocycles. The SMILES string of the molecule is Fc1cccc2ccccc12.[H-].[Na+]. The van der Waals surface area contributed by atoms with E-state index in [4.69, 9.17) is 0 Å². The third-order valence-corrected chi connectivity index (χ3v) is 1.74. The summed E-state index contributed by atoms with van der Waals surface area (Å²) in [6.45, 7) is 0. The Morgan fingerprint density at radius 1 is 0.917 bits per heavy atom. The summed E-state index contributed by atoms with van der Waals surface area (Å²) in [6, 6.07) is 12.5. The maximum Gasteiger partial charge on any atom is 1.00 e. The van der Waals surface area contributed by atoms with Gasteiger partial charge in [0.15, 0.2) is 0 Å². The molecule has 0 N–H and O–H groups in total. The van der Waals surface area contributed by atoms with Crippen molar-refractivity contribution in [2.24, 2.45) is 0 Å². The first-order chi connectivity index (χ1) is 5.38. The van der Waals surface area contributed by atoms with Crippen molar-refractivity contribution in [3.05, 3.63) is 48.3 Å². The normalized spacial score (nSPS) is 9.42. The molecule has 0 radical (unpaired) electrons. The third kappa shape index (κ3) is 1.69. The number of benzene rings is 2. The molecule has 0 aliphatic heterocycles. The van der Waals surface area contributed by atoms with Gasteiger partial charge in [0.1, 0.15) is 5.82 Å². The fraction of sp³-hybridized carbons (Fsp3) is 0. The van der Waals surface area contributed by atoms with Gasteiger partial charge in [-0.3, -0.25) is 0 Å². The van der Waals surface area contributed by atoms with Crippen LogP contribution in [-0.2, 0) is 0 Å². The molecule has 0 aliphatic carbocycles. The van der Waals surface area contributed by atoms with Gasteiger partial charge in [-0.2, -0.15) is 0 Å². The quantitative estimate of drug-likeness (QED) is 0.492. The van der Waals surface area contributed by atoms with E-state index >= 15 is 0 Å². The van der Waals surface area contributed by atoms with Crippen LogP contribution < -0.4 is 29.6 Å². The third-order valence-electron chi connectivity index (χ3n) is 1.74. The zero-order valence-corrected chi connectivity index (χ0v) is 8.92. The van der Waals surface area contributed by atoms with Crippen molar-refractivity contribution < 1.29 is 35.4 Å². The van der Waals surface area contributed by atoms with Gasteiger partial charge in [0, 0.05) is 5.39 Å². The zero-order chi connectivity index (χ0) is 7.68. The molecule has 0 fully saturated rings. The van der Waals surface area contributed by atoms with E-state index in [-0.39, 0.29) is 36.8 Å². The van der Waals surface area contributed by atoms with Crippen LogP contribution in [0.5, 0.6) is 0 Å². The summed E-state index contributed by atoms with van der Waals surface area (Å²) in [5.41, 5.74) is 0. The Hall–Kier alpha value is -0.370. The van der Waals surface area contributed by atoms with Crippen LogP contribution in [0.15, 0.2) is 42.5 Å². The molecule has 56 valence electrons. The maximum absolute atomic E-state index is 13.0. The van der Waals surface area contributed by atoms with Crippen molar-refractivity contribution in [2.45, 2.75) is 0 Å². The fourth-order valence-electron chi connectivity index (χ4n) is 1.19. The summed E-state index contributed by atoms with van der Waals surface area (Å²) in [5.74, 6) is -0.150. The van der Waals surface area contributed by atoms with E-state index in [1.54, 1.807) is 12.1 Å². The maximum atomic E-state index is 13.0. The molecule has 0 amide bonds. The topological polar surface area (TPSA) is 0 Å². The molecule has 0 saturated carbocycles. The summed E-state index contributed by atoms with van der Waals surface area (Å²) in [4.78, 5) is 0. The van der Waals surface area contributed by atoms with Gasteiger partial charge in [-0.15, -0.1) is 0 Å². The first-order valence-corrected chi connectivity index (χ1v) is 3.51. The van der Waals surface area contributed by atoms with Crippen molar-refractivity contribution in [3.8, 4) is 0 Å². The van der Waals surface area contributed by atoms with Gasteiger partial charge in [0.05, 0.1) is 0 Å². The van der Waals surface area contributed by atoms with E-state index in [1.165, 1.54) is 6.07 Å². The van der Waals surface area contributed by atoms with Crippen molar-refractivity contribution in [1.82, 2.24) is 0 Å². The summed E-state index contributed by atoms with van der Waals surface area (Å²) in [7, 11) is 0. The molecular weight excluding hydrogens is 162 g/mol. The average Bonchev–Trinajstić information content (AvgIpc) is 2.06. The number of rotatable bonds is 0. The largest absolute Gasteiger partial charge is 1.00 e. The first-order valence-electron chi connectivity index (χ1n) is 3.51. The van der Waals surface area contributed by atoms with Gasteiger partial charge in [-0.25, -0.2) is 4.39 Å².